The number of rotatable bonds is 2. The Morgan fingerprint density at radius 3 is 2.81 bits per heavy atom. The number of carbonyl (C=O) groups excluding carboxylic acids is 1. The molecule has 1 saturated heterocycles. The fourth-order valence-corrected chi connectivity index (χ4v) is 2.37. The van der Waals surface area contributed by atoms with Crippen LogP contribution in [0.3, 0.4) is 0 Å². The van der Waals surface area contributed by atoms with Gasteiger partial charge in [0, 0.05) is 19.8 Å². The molecule has 2 heterocycles. The van der Waals surface area contributed by atoms with Crippen molar-refractivity contribution in [3.05, 3.63) is 29.8 Å². The molecular weight excluding hydrogens is 206 g/mol. The van der Waals surface area contributed by atoms with Crippen LogP contribution in [0.1, 0.15) is 11.5 Å². The molecule has 1 aromatic rings. The van der Waals surface area contributed by atoms with Gasteiger partial charge in [0.2, 0.25) is 5.91 Å². The van der Waals surface area contributed by atoms with Gasteiger partial charge in [0.15, 0.2) is 6.29 Å². The van der Waals surface area contributed by atoms with Gasteiger partial charge in [-0.25, -0.2) is 0 Å². The number of nitrogens with zero attached hydrogens (tertiary/aromatic N) is 1. The third-order valence-corrected chi connectivity index (χ3v) is 3.27. The molecule has 1 amide bonds. The highest BCUT2D eigenvalue weighted by Crippen LogP contribution is 2.45. The summed E-state index contributed by atoms with van der Waals surface area (Å²) >= 11 is 0. The zero-order chi connectivity index (χ0) is 11.3. The zero-order valence-electron chi connectivity index (χ0n) is 9.21. The average molecular weight is 219 g/mol. The van der Waals surface area contributed by atoms with E-state index in [4.69, 9.17) is 9.47 Å². The minimum Gasteiger partial charge on any atom is -0.353 e. The maximum Gasteiger partial charge on any atom is 0.237 e. The quantitative estimate of drug-likeness (QED) is 0.700. The maximum atomic E-state index is 12.1. The highest BCUT2D eigenvalue weighted by molar-refractivity contribution is 6.05. The Morgan fingerprint density at radius 2 is 2.12 bits per heavy atom. The molecular formula is C12H13NO3. The molecule has 2 aliphatic heterocycles. The number of methoxy groups -OCH3 is 1. The molecule has 0 radical (unpaired) electrons. The van der Waals surface area contributed by atoms with E-state index in [0.29, 0.717) is 0 Å². The van der Waals surface area contributed by atoms with E-state index in [1.807, 2.05) is 24.3 Å². The first-order chi connectivity index (χ1) is 7.74. The molecule has 3 atom stereocenters. The first-order valence-corrected chi connectivity index (χ1v) is 5.29. The summed E-state index contributed by atoms with van der Waals surface area (Å²) in [5.74, 6) is -0.114. The van der Waals surface area contributed by atoms with E-state index >= 15 is 0 Å². The molecule has 4 heteroatoms. The molecule has 1 aromatic carbocycles. The lowest BCUT2D eigenvalue weighted by Gasteiger charge is -2.09. The Kier molecular flexibility index (Phi) is 2.02. The molecule has 2 aliphatic rings. The Morgan fingerprint density at radius 1 is 1.38 bits per heavy atom. The van der Waals surface area contributed by atoms with Crippen molar-refractivity contribution >= 4 is 11.6 Å². The number of anilines is 1. The normalized spacial score (nSPS) is 31.8. The lowest BCUT2D eigenvalue weighted by Crippen LogP contribution is -2.27. The van der Waals surface area contributed by atoms with E-state index in [-0.39, 0.29) is 24.2 Å². The number of hydrogen-bond acceptors (Lipinski definition) is 3. The Balaban J connectivity index is 1.98. The average Bonchev–Trinajstić information content (AvgIpc) is 3.03. The summed E-state index contributed by atoms with van der Waals surface area (Å²) in [5.41, 5.74) is 2.02. The zero-order valence-corrected chi connectivity index (χ0v) is 9.21. The second kappa shape index (κ2) is 3.30. The number of amides is 1. The van der Waals surface area contributed by atoms with Gasteiger partial charge in [0.25, 0.3) is 0 Å². The summed E-state index contributed by atoms with van der Waals surface area (Å²) in [6, 6.07) is 7.82. The molecule has 84 valence electrons. The summed E-state index contributed by atoms with van der Waals surface area (Å²) < 4.78 is 10.4. The van der Waals surface area contributed by atoms with Gasteiger partial charge in [-0.3, -0.25) is 4.79 Å². The topological polar surface area (TPSA) is 42.1 Å². The van der Waals surface area contributed by atoms with E-state index in [1.165, 1.54) is 0 Å². The summed E-state index contributed by atoms with van der Waals surface area (Å²) in [5, 5.41) is 0. The van der Waals surface area contributed by atoms with Gasteiger partial charge in [-0.15, -0.1) is 0 Å². The van der Waals surface area contributed by atoms with Crippen molar-refractivity contribution in [3.8, 4) is 0 Å². The van der Waals surface area contributed by atoms with Crippen molar-refractivity contribution in [1.29, 1.82) is 0 Å². The van der Waals surface area contributed by atoms with Crippen LogP contribution in [0.5, 0.6) is 0 Å². The number of hydrogen-bond donors (Lipinski definition) is 0. The summed E-state index contributed by atoms with van der Waals surface area (Å²) in [6.45, 7) is 0. The molecule has 3 rings (SSSR count). The SMILES string of the molecule is CO[C@@H]1O[C@@H]1C1C(=O)N(C)c2ccccc21. The van der Waals surface area contributed by atoms with Crippen LogP contribution in [0.2, 0.25) is 0 Å². The number of likely N-dealkylation sites (N-methyl/N-ethyl adjacent to an activating group) is 1. The van der Waals surface area contributed by atoms with Gasteiger partial charge < -0.3 is 14.4 Å². The third-order valence-electron chi connectivity index (χ3n) is 3.27. The fourth-order valence-electron chi connectivity index (χ4n) is 2.37. The maximum absolute atomic E-state index is 12.1. The van der Waals surface area contributed by atoms with Gasteiger partial charge in [-0.05, 0) is 11.6 Å². The lowest BCUT2D eigenvalue weighted by atomic mass is 9.97. The molecule has 4 nitrogen and oxygen atoms in total. The Labute approximate surface area is 93.8 Å². The van der Waals surface area contributed by atoms with Crippen LogP contribution in [-0.2, 0) is 14.3 Å². The molecule has 0 aliphatic carbocycles. The number of ether oxygens (including phenoxy) is 2. The monoisotopic (exact) mass is 219 g/mol. The van der Waals surface area contributed by atoms with E-state index in [9.17, 15) is 4.79 Å². The van der Waals surface area contributed by atoms with Crippen molar-refractivity contribution in [2.45, 2.75) is 18.3 Å². The molecule has 1 unspecified atom stereocenters. The number of benzene rings is 1. The first kappa shape index (κ1) is 9.81. The van der Waals surface area contributed by atoms with E-state index in [1.54, 1.807) is 19.1 Å². The van der Waals surface area contributed by atoms with Crippen molar-refractivity contribution in [1.82, 2.24) is 0 Å². The van der Waals surface area contributed by atoms with Crippen LogP contribution in [0.25, 0.3) is 0 Å². The van der Waals surface area contributed by atoms with Crippen LogP contribution < -0.4 is 4.90 Å². The highest BCUT2D eigenvalue weighted by Gasteiger charge is 2.53. The molecule has 0 saturated carbocycles. The van der Waals surface area contributed by atoms with Crippen molar-refractivity contribution in [2.75, 3.05) is 19.1 Å². The summed E-state index contributed by atoms with van der Waals surface area (Å²) in [7, 11) is 3.39. The standard InChI is InChI=1S/C12H13NO3/c1-13-8-6-4-3-5-7(8)9(11(13)14)10-12(15-2)16-10/h3-6,9-10,12H,1-2H3/t9?,10-,12-/m1/s1. The predicted octanol–water partition coefficient (Wildman–Crippen LogP) is 1.12. The minimum absolute atomic E-state index is 0.0887. The molecule has 0 aromatic heterocycles. The van der Waals surface area contributed by atoms with Gasteiger partial charge >= 0.3 is 0 Å². The molecule has 0 bridgehead atoms. The van der Waals surface area contributed by atoms with Crippen molar-refractivity contribution in [2.24, 2.45) is 0 Å². The van der Waals surface area contributed by atoms with Gasteiger partial charge in [-0.1, -0.05) is 18.2 Å². The Bertz CT molecular complexity index is 446. The fraction of sp³-hybridized carbons (Fsp3) is 0.417. The lowest BCUT2D eigenvalue weighted by molar-refractivity contribution is -0.119. The number of carbonyl (C=O) groups is 1. The van der Waals surface area contributed by atoms with Gasteiger partial charge in [0.05, 0.1) is 5.92 Å². The van der Waals surface area contributed by atoms with Gasteiger partial charge in [0.1, 0.15) is 6.10 Å². The third kappa shape index (κ3) is 1.20. The van der Waals surface area contributed by atoms with Gasteiger partial charge in [-0.2, -0.15) is 0 Å². The molecule has 0 spiro atoms. The van der Waals surface area contributed by atoms with Crippen LogP contribution in [-0.4, -0.2) is 32.5 Å². The Hall–Kier alpha value is -1.39. The van der Waals surface area contributed by atoms with Crippen LogP contribution >= 0.6 is 0 Å². The van der Waals surface area contributed by atoms with E-state index in [2.05, 4.69) is 0 Å². The molecule has 1 fully saturated rings. The van der Waals surface area contributed by atoms with Crippen molar-refractivity contribution in [3.63, 3.8) is 0 Å². The number of epoxide rings is 1. The smallest absolute Gasteiger partial charge is 0.237 e. The summed E-state index contributed by atoms with van der Waals surface area (Å²) in [4.78, 5) is 13.8. The second-order valence-electron chi connectivity index (χ2n) is 4.14. The first-order valence-electron chi connectivity index (χ1n) is 5.29. The second-order valence-corrected chi connectivity index (χ2v) is 4.14. The van der Waals surface area contributed by atoms with Crippen LogP contribution in [0.15, 0.2) is 24.3 Å². The van der Waals surface area contributed by atoms with Crippen LogP contribution in [0, 0.1) is 0 Å². The minimum atomic E-state index is -0.228. The highest BCUT2D eigenvalue weighted by atomic mass is 16.8. The molecule has 16 heavy (non-hydrogen) atoms. The number of fused-ring (bicyclic) bond motifs is 1. The van der Waals surface area contributed by atoms with E-state index in [0.717, 1.165) is 11.3 Å². The summed E-state index contributed by atoms with van der Waals surface area (Å²) in [6.07, 6.45) is -0.350. The van der Waals surface area contributed by atoms with Crippen molar-refractivity contribution < 1.29 is 14.3 Å². The number of para-hydroxylation sites is 1. The molecule has 0 N–H and O–H groups in total. The van der Waals surface area contributed by atoms with Crippen LogP contribution in [0.4, 0.5) is 5.69 Å². The predicted molar refractivity (Wildman–Crippen MR) is 58.3 cm³/mol. The van der Waals surface area contributed by atoms with E-state index < -0.39 is 0 Å². The largest absolute Gasteiger partial charge is 0.353 e.